The number of fused-ring (bicyclic) bond motifs is 1. The van der Waals surface area contributed by atoms with Gasteiger partial charge in [0.05, 0.1) is 5.75 Å². The molecular weight excluding hydrogens is 302 g/mol. The summed E-state index contributed by atoms with van der Waals surface area (Å²) < 4.78 is 0. The van der Waals surface area contributed by atoms with Gasteiger partial charge in [-0.15, -0.1) is 11.8 Å². The number of nitrogen functional groups attached to an aromatic ring is 1. The molecule has 2 N–H and O–H groups in total. The molecule has 3 nitrogen and oxygen atoms in total. The van der Waals surface area contributed by atoms with Crippen molar-refractivity contribution in [2.75, 3.05) is 5.73 Å². The zero-order valence-corrected chi connectivity index (χ0v) is 13.4. The van der Waals surface area contributed by atoms with Gasteiger partial charge in [-0.05, 0) is 49.9 Å². The molecule has 21 heavy (non-hydrogen) atoms. The van der Waals surface area contributed by atoms with E-state index in [1.54, 1.807) is 11.8 Å². The molecule has 5 heteroatoms. The van der Waals surface area contributed by atoms with Crippen LogP contribution in [0.15, 0.2) is 29.2 Å². The molecule has 1 aromatic heterocycles. The molecule has 0 atom stereocenters. The molecule has 0 amide bonds. The first-order chi connectivity index (χ1) is 10.2. The smallest absolute Gasteiger partial charge is 0.141 e. The monoisotopic (exact) mass is 319 g/mol. The minimum Gasteiger partial charge on any atom is -0.383 e. The van der Waals surface area contributed by atoms with E-state index in [9.17, 15) is 0 Å². The predicted molar refractivity (Wildman–Crippen MR) is 88.7 cm³/mol. The lowest BCUT2D eigenvalue weighted by atomic mass is 10.1. The lowest BCUT2D eigenvalue weighted by molar-refractivity contribution is 0.708. The van der Waals surface area contributed by atoms with Crippen molar-refractivity contribution < 1.29 is 0 Å². The third kappa shape index (κ3) is 3.69. The van der Waals surface area contributed by atoms with Crippen molar-refractivity contribution in [1.82, 2.24) is 9.97 Å². The van der Waals surface area contributed by atoms with Crippen molar-refractivity contribution in [2.24, 2.45) is 0 Å². The molecule has 0 radical (unpaired) electrons. The number of nitrogens with two attached hydrogens (primary N) is 1. The normalized spacial score (nSPS) is 14.5. The van der Waals surface area contributed by atoms with Gasteiger partial charge in [0.2, 0.25) is 0 Å². The second-order valence-electron chi connectivity index (χ2n) is 5.25. The Morgan fingerprint density at radius 1 is 1.05 bits per heavy atom. The standard InChI is InChI=1S/C16H18ClN3S/c17-11-6-8-12(9-7-11)21-10-15-19-14-5-3-1-2-4-13(14)16(18)20-15/h6-9H,1-5,10H2,(H2,18,19,20). The zero-order chi connectivity index (χ0) is 14.7. The number of aryl methyl sites for hydroxylation is 1. The topological polar surface area (TPSA) is 51.8 Å². The van der Waals surface area contributed by atoms with E-state index >= 15 is 0 Å². The summed E-state index contributed by atoms with van der Waals surface area (Å²) in [5, 5.41) is 0.755. The Hall–Kier alpha value is -1.26. The van der Waals surface area contributed by atoms with E-state index < -0.39 is 0 Å². The van der Waals surface area contributed by atoms with Gasteiger partial charge in [-0.2, -0.15) is 0 Å². The first-order valence-electron chi connectivity index (χ1n) is 7.25. The number of benzene rings is 1. The summed E-state index contributed by atoms with van der Waals surface area (Å²) in [5.74, 6) is 2.24. The van der Waals surface area contributed by atoms with E-state index in [4.69, 9.17) is 22.3 Å². The molecule has 0 aliphatic heterocycles. The molecule has 3 rings (SSSR count). The van der Waals surface area contributed by atoms with Crippen molar-refractivity contribution in [3.05, 3.63) is 46.4 Å². The molecule has 0 unspecified atom stereocenters. The zero-order valence-electron chi connectivity index (χ0n) is 11.8. The van der Waals surface area contributed by atoms with Crippen LogP contribution in [0.4, 0.5) is 5.82 Å². The van der Waals surface area contributed by atoms with Gasteiger partial charge in [0.25, 0.3) is 0 Å². The van der Waals surface area contributed by atoms with Crippen molar-refractivity contribution in [1.29, 1.82) is 0 Å². The fourth-order valence-corrected chi connectivity index (χ4v) is 3.48. The van der Waals surface area contributed by atoms with Crippen LogP contribution < -0.4 is 5.73 Å². The van der Waals surface area contributed by atoms with Crippen LogP contribution in [0.5, 0.6) is 0 Å². The summed E-state index contributed by atoms with van der Waals surface area (Å²) in [5.41, 5.74) is 8.46. The maximum absolute atomic E-state index is 6.12. The Morgan fingerprint density at radius 2 is 1.81 bits per heavy atom. The highest BCUT2D eigenvalue weighted by Gasteiger charge is 2.15. The molecule has 110 valence electrons. The van der Waals surface area contributed by atoms with Gasteiger partial charge in [0, 0.05) is 21.2 Å². The average Bonchev–Trinajstić information content (AvgIpc) is 2.72. The Bertz CT molecular complexity index is 628. The second kappa shape index (κ2) is 6.67. The molecular formula is C16H18ClN3S. The van der Waals surface area contributed by atoms with Crippen LogP contribution in [0.2, 0.25) is 5.02 Å². The van der Waals surface area contributed by atoms with Gasteiger partial charge < -0.3 is 5.73 Å². The fourth-order valence-electron chi connectivity index (χ4n) is 2.60. The van der Waals surface area contributed by atoms with E-state index in [1.807, 2.05) is 24.3 Å². The van der Waals surface area contributed by atoms with Crippen LogP contribution in [0.3, 0.4) is 0 Å². The predicted octanol–water partition coefficient (Wildman–Crippen LogP) is 4.27. The summed E-state index contributed by atoms with van der Waals surface area (Å²) in [4.78, 5) is 10.4. The largest absolute Gasteiger partial charge is 0.383 e. The summed E-state index contributed by atoms with van der Waals surface area (Å²) >= 11 is 7.60. The fraction of sp³-hybridized carbons (Fsp3) is 0.375. The van der Waals surface area contributed by atoms with E-state index in [-0.39, 0.29) is 0 Å². The van der Waals surface area contributed by atoms with E-state index in [0.29, 0.717) is 5.82 Å². The van der Waals surface area contributed by atoms with Gasteiger partial charge in [0.1, 0.15) is 11.6 Å². The van der Waals surface area contributed by atoms with Gasteiger partial charge in [0.15, 0.2) is 0 Å². The minimum atomic E-state index is 0.675. The van der Waals surface area contributed by atoms with Gasteiger partial charge in [-0.25, -0.2) is 9.97 Å². The second-order valence-corrected chi connectivity index (χ2v) is 6.74. The number of halogens is 1. The highest BCUT2D eigenvalue weighted by molar-refractivity contribution is 7.98. The van der Waals surface area contributed by atoms with Crippen LogP contribution in [0.25, 0.3) is 0 Å². The highest BCUT2D eigenvalue weighted by Crippen LogP contribution is 2.26. The summed E-state index contributed by atoms with van der Waals surface area (Å²) in [6, 6.07) is 7.83. The first kappa shape index (κ1) is 14.7. The number of hydrogen-bond donors (Lipinski definition) is 1. The molecule has 0 spiro atoms. The number of rotatable bonds is 3. The maximum Gasteiger partial charge on any atom is 0.141 e. The maximum atomic E-state index is 6.12. The highest BCUT2D eigenvalue weighted by atomic mass is 35.5. The Kier molecular flexibility index (Phi) is 4.66. The van der Waals surface area contributed by atoms with Crippen LogP contribution in [0.1, 0.15) is 36.3 Å². The number of anilines is 1. The van der Waals surface area contributed by atoms with Crippen molar-refractivity contribution in [3.8, 4) is 0 Å². The third-order valence-corrected chi connectivity index (χ3v) is 4.95. The average molecular weight is 320 g/mol. The lowest BCUT2D eigenvalue weighted by Crippen LogP contribution is -2.08. The molecule has 1 aromatic carbocycles. The van der Waals surface area contributed by atoms with Crippen LogP contribution in [-0.2, 0) is 18.6 Å². The van der Waals surface area contributed by atoms with Gasteiger partial charge >= 0.3 is 0 Å². The molecule has 0 saturated carbocycles. The third-order valence-electron chi connectivity index (χ3n) is 3.69. The van der Waals surface area contributed by atoms with Gasteiger partial charge in [-0.3, -0.25) is 0 Å². The lowest BCUT2D eigenvalue weighted by Gasteiger charge is -2.10. The van der Waals surface area contributed by atoms with E-state index in [2.05, 4.69) is 4.98 Å². The molecule has 2 aromatic rings. The summed E-state index contributed by atoms with van der Waals surface area (Å²) in [7, 11) is 0. The Labute approximate surface area is 134 Å². The number of aromatic nitrogens is 2. The van der Waals surface area contributed by atoms with Crippen LogP contribution in [0, 0.1) is 0 Å². The SMILES string of the molecule is Nc1nc(CSc2ccc(Cl)cc2)nc2c1CCCCC2. The molecule has 0 fully saturated rings. The number of hydrogen-bond acceptors (Lipinski definition) is 4. The first-order valence-corrected chi connectivity index (χ1v) is 8.61. The minimum absolute atomic E-state index is 0.675. The Morgan fingerprint density at radius 3 is 2.62 bits per heavy atom. The Balaban J connectivity index is 1.75. The summed E-state index contributed by atoms with van der Waals surface area (Å²) in [6.45, 7) is 0. The van der Waals surface area contributed by atoms with Crippen molar-refractivity contribution in [3.63, 3.8) is 0 Å². The number of thioether (sulfide) groups is 1. The van der Waals surface area contributed by atoms with Crippen molar-refractivity contribution >= 4 is 29.2 Å². The van der Waals surface area contributed by atoms with E-state index in [1.165, 1.54) is 24.8 Å². The summed E-state index contributed by atoms with van der Waals surface area (Å²) in [6.07, 6.45) is 5.70. The quantitative estimate of drug-likeness (QED) is 0.678. The van der Waals surface area contributed by atoms with Gasteiger partial charge in [-0.1, -0.05) is 18.0 Å². The van der Waals surface area contributed by atoms with Crippen molar-refractivity contribution in [2.45, 2.75) is 42.8 Å². The number of nitrogens with zero attached hydrogens (tertiary/aromatic N) is 2. The van der Waals surface area contributed by atoms with Crippen LogP contribution in [-0.4, -0.2) is 9.97 Å². The molecule has 0 saturated heterocycles. The molecule has 1 aliphatic carbocycles. The van der Waals surface area contributed by atoms with Crippen LogP contribution >= 0.6 is 23.4 Å². The molecule has 1 aliphatic rings. The molecule has 0 bridgehead atoms. The molecule has 1 heterocycles. The van der Waals surface area contributed by atoms with E-state index in [0.717, 1.165) is 40.0 Å².